The predicted octanol–water partition coefficient (Wildman–Crippen LogP) is -0.0173. The number of sulfone groups is 1. The van der Waals surface area contributed by atoms with Gasteiger partial charge < -0.3 is 14.6 Å². The molecule has 0 aliphatic heterocycles. The van der Waals surface area contributed by atoms with E-state index in [0.717, 1.165) is 0 Å². The molecule has 8 heteroatoms. The summed E-state index contributed by atoms with van der Waals surface area (Å²) in [5.74, 6) is -0.691. The van der Waals surface area contributed by atoms with Crippen molar-refractivity contribution < 1.29 is 22.5 Å². The molecule has 7 nitrogen and oxygen atoms in total. The Kier molecular flexibility index (Phi) is 4.64. The number of hydrogen-bond acceptors (Lipinski definition) is 6. The van der Waals surface area contributed by atoms with Crippen molar-refractivity contribution in [1.82, 2.24) is 5.16 Å². The monoisotopic (exact) mass is 262 g/mol. The first-order chi connectivity index (χ1) is 7.93. The molecule has 0 aromatic carbocycles. The standard InChI is InChI=1S/C9H14N2O5S/c1-7-5-8(11-16-7)10-9(12)6-17(13,14)4-3-15-2/h5H,3-4,6H2,1-2H3,(H,10,11,12). The van der Waals surface area contributed by atoms with E-state index in [1.807, 2.05) is 0 Å². The van der Waals surface area contributed by atoms with Gasteiger partial charge in [-0.15, -0.1) is 0 Å². The van der Waals surface area contributed by atoms with Crippen molar-refractivity contribution in [1.29, 1.82) is 0 Å². The number of carbonyl (C=O) groups excluding carboxylic acids is 1. The van der Waals surface area contributed by atoms with Gasteiger partial charge in [0.1, 0.15) is 11.5 Å². The number of ether oxygens (including phenoxy) is 1. The molecule has 0 fully saturated rings. The maximum atomic E-state index is 11.4. The first-order valence-electron chi connectivity index (χ1n) is 4.85. The first-order valence-corrected chi connectivity index (χ1v) is 6.67. The molecule has 1 N–H and O–H groups in total. The summed E-state index contributed by atoms with van der Waals surface area (Å²) in [4.78, 5) is 11.4. The van der Waals surface area contributed by atoms with Crippen molar-refractivity contribution in [2.24, 2.45) is 0 Å². The fourth-order valence-corrected chi connectivity index (χ4v) is 2.12. The van der Waals surface area contributed by atoms with Crippen molar-refractivity contribution >= 4 is 21.6 Å². The Bertz CT molecular complexity index is 479. The summed E-state index contributed by atoms with van der Waals surface area (Å²) in [7, 11) is -2.06. The van der Waals surface area contributed by atoms with E-state index in [9.17, 15) is 13.2 Å². The first kappa shape index (κ1) is 13.7. The lowest BCUT2D eigenvalue weighted by Gasteiger charge is -2.03. The van der Waals surface area contributed by atoms with Crippen LogP contribution in [-0.4, -0.2) is 44.7 Å². The summed E-state index contributed by atoms with van der Waals surface area (Å²) < 4.78 is 32.2. The molecule has 96 valence electrons. The van der Waals surface area contributed by atoms with E-state index in [-0.39, 0.29) is 18.2 Å². The highest BCUT2D eigenvalue weighted by molar-refractivity contribution is 7.92. The third-order valence-corrected chi connectivity index (χ3v) is 3.34. The van der Waals surface area contributed by atoms with Crippen LogP contribution < -0.4 is 5.32 Å². The van der Waals surface area contributed by atoms with Crippen molar-refractivity contribution in [2.45, 2.75) is 6.92 Å². The Morgan fingerprint density at radius 1 is 1.59 bits per heavy atom. The van der Waals surface area contributed by atoms with Gasteiger partial charge in [-0.2, -0.15) is 0 Å². The van der Waals surface area contributed by atoms with Crippen LogP contribution in [0.4, 0.5) is 5.82 Å². The number of nitrogens with one attached hydrogen (secondary N) is 1. The lowest BCUT2D eigenvalue weighted by molar-refractivity contribution is -0.113. The molecule has 0 atom stereocenters. The van der Waals surface area contributed by atoms with Gasteiger partial charge in [0, 0.05) is 13.2 Å². The van der Waals surface area contributed by atoms with E-state index in [4.69, 9.17) is 4.52 Å². The largest absolute Gasteiger partial charge is 0.384 e. The van der Waals surface area contributed by atoms with E-state index in [2.05, 4.69) is 15.2 Å². The van der Waals surface area contributed by atoms with Gasteiger partial charge in [0.05, 0.1) is 12.4 Å². The number of rotatable bonds is 6. The number of anilines is 1. The lowest BCUT2D eigenvalue weighted by Crippen LogP contribution is -2.26. The molecule has 0 spiro atoms. The quantitative estimate of drug-likeness (QED) is 0.773. The molecule has 17 heavy (non-hydrogen) atoms. The van der Waals surface area contributed by atoms with E-state index in [1.54, 1.807) is 6.92 Å². The number of amides is 1. The minimum atomic E-state index is -3.45. The average Bonchev–Trinajstić information content (AvgIpc) is 2.60. The summed E-state index contributed by atoms with van der Waals surface area (Å²) in [5.41, 5.74) is 0. The fourth-order valence-electron chi connectivity index (χ4n) is 1.09. The molecule has 0 saturated heterocycles. The van der Waals surface area contributed by atoms with Gasteiger partial charge in [-0.3, -0.25) is 4.79 Å². The molecular weight excluding hydrogens is 248 g/mol. The van der Waals surface area contributed by atoms with Gasteiger partial charge in [0.25, 0.3) is 0 Å². The predicted molar refractivity (Wildman–Crippen MR) is 60.4 cm³/mol. The number of aromatic nitrogens is 1. The molecule has 1 rings (SSSR count). The Hall–Kier alpha value is -1.41. The zero-order chi connectivity index (χ0) is 12.9. The molecule has 0 radical (unpaired) electrons. The summed E-state index contributed by atoms with van der Waals surface area (Å²) in [6.45, 7) is 1.73. The third kappa shape index (κ3) is 4.96. The second kappa shape index (κ2) is 5.78. The summed E-state index contributed by atoms with van der Waals surface area (Å²) in [5, 5.41) is 5.85. The lowest BCUT2D eigenvalue weighted by atomic mass is 10.5. The van der Waals surface area contributed by atoms with Crippen molar-refractivity contribution in [2.75, 3.05) is 30.5 Å². The highest BCUT2D eigenvalue weighted by atomic mass is 32.2. The molecule has 0 unspecified atom stereocenters. The molecule has 1 aromatic heterocycles. The van der Waals surface area contributed by atoms with E-state index in [0.29, 0.717) is 5.76 Å². The fraction of sp³-hybridized carbons (Fsp3) is 0.556. The SMILES string of the molecule is COCCS(=O)(=O)CC(=O)Nc1cc(C)on1. The highest BCUT2D eigenvalue weighted by Gasteiger charge is 2.17. The molecule has 0 aliphatic rings. The molecule has 1 heterocycles. The van der Waals surface area contributed by atoms with Crippen LogP contribution >= 0.6 is 0 Å². The van der Waals surface area contributed by atoms with Crippen LogP contribution in [-0.2, 0) is 19.4 Å². The molecule has 1 aromatic rings. The maximum Gasteiger partial charge on any atom is 0.240 e. The van der Waals surface area contributed by atoms with Crippen LogP contribution in [0.25, 0.3) is 0 Å². The van der Waals surface area contributed by atoms with Crippen LogP contribution in [0.3, 0.4) is 0 Å². The van der Waals surface area contributed by atoms with Gasteiger partial charge in [-0.25, -0.2) is 8.42 Å². The Morgan fingerprint density at radius 2 is 2.29 bits per heavy atom. The van der Waals surface area contributed by atoms with Gasteiger partial charge in [0.15, 0.2) is 15.7 Å². The van der Waals surface area contributed by atoms with Crippen LogP contribution in [0, 0.1) is 6.92 Å². The Labute approximate surface area is 99.0 Å². The van der Waals surface area contributed by atoms with Crippen LogP contribution in [0.15, 0.2) is 10.6 Å². The zero-order valence-corrected chi connectivity index (χ0v) is 10.4. The van der Waals surface area contributed by atoms with E-state index >= 15 is 0 Å². The normalized spacial score (nSPS) is 11.4. The van der Waals surface area contributed by atoms with Crippen molar-refractivity contribution in [3.8, 4) is 0 Å². The summed E-state index contributed by atoms with van der Waals surface area (Å²) in [6.07, 6.45) is 0. The maximum absolute atomic E-state index is 11.4. The molecular formula is C9H14N2O5S. The summed E-state index contributed by atoms with van der Waals surface area (Å²) in [6, 6.07) is 1.50. The molecule has 0 bridgehead atoms. The number of carbonyl (C=O) groups is 1. The van der Waals surface area contributed by atoms with Crippen LogP contribution in [0.5, 0.6) is 0 Å². The summed E-state index contributed by atoms with van der Waals surface area (Å²) >= 11 is 0. The van der Waals surface area contributed by atoms with Gasteiger partial charge in [-0.05, 0) is 6.92 Å². The minimum Gasteiger partial charge on any atom is -0.384 e. The Balaban J connectivity index is 2.49. The van der Waals surface area contributed by atoms with Crippen molar-refractivity contribution in [3.05, 3.63) is 11.8 Å². The van der Waals surface area contributed by atoms with Crippen molar-refractivity contribution in [3.63, 3.8) is 0 Å². The topological polar surface area (TPSA) is 98.5 Å². The number of nitrogens with zero attached hydrogens (tertiary/aromatic N) is 1. The zero-order valence-electron chi connectivity index (χ0n) is 9.60. The van der Waals surface area contributed by atoms with E-state index in [1.165, 1.54) is 13.2 Å². The van der Waals surface area contributed by atoms with Crippen LogP contribution in [0.1, 0.15) is 5.76 Å². The molecule has 1 amide bonds. The Morgan fingerprint density at radius 3 is 2.82 bits per heavy atom. The van der Waals surface area contributed by atoms with E-state index < -0.39 is 21.5 Å². The highest BCUT2D eigenvalue weighted by Crippen LogP contribution is 2.07. The molecule has 0 aliphatic carbocycles. The van der Waals surface area contributed by atoms with Gasteiger partial charge in [0.2, 0.25) is 5.91 Å². The number of aryl methyl sites for hydroxylation is 1. The second-order valence-electron chi connectivity index (χ2n) is 3.46. The molecule has 0 saturated carbocycles. The smallest absolute Gasteiger partial charge is 0.240 e. The second-order valence-corrected chi connectivity index (χ2v) is 5.64. The van der Waals surface area contributed by atoms with Gasteiger partial charge in [-0.1, -0.05) is 5.16 Å². The van der Waals surface area contributed by atoms with Gasteiger partial charge >= 0.3 is 0 Å². The number of hydrogen-bond donors (Lipinski definition) is 1. The number of methoxy groups -OCH3 is 1. The minimum absolute atomic E-state index is 0.0681. The third-order valence-electron chi connectivity index (χ3n) is 1.84. The van der Waals surface area contributed by atoms with Crippen LogP contribution in [0.2, 0.25) is 0 Å². The average molecular weight is 262 g/mol.